The van der Waals surface area contributed by atoms with E-state index in [0.717, 1.165) is 18.4 Å². The van der Waals surface area contributed by atoms with E-state index in [1.54, 1.807) is 6.07 Å². The summed E-state index contributed by atoms with van der Waals surface area (Å²) in [5, 5.41) is 4.24. The van der Waals surface area contributed by atoms with E-state index in [9.17, 15) is 4.79 Å². The number of fused-ring (bicyclic) bond motifs is 1. The molecule has 0 amide bonds. The molecule has 3 rings (SSSR count). The van der Waals surface area contributed by atoms with E-state index >= 15 is 0 Å². The summed E-state index contributed by atoms with van der Waals surface area (Å²) < 4.78 is 0. The molecule has 4 heteroatoms. The number of hydrogen-bond donors (Lipinski definition) is 2. The number of nitrogens with one attached hydrogen (secondary N) is 2. The predicted molar refractivity (Wildman–Crippen MR) is 98.0 cm³/mol. The van der Waals surface area contributed by atoms with Crippen LogP contribution in [0.4, 0.5) is 0 Å². The van der Waals surface area contributed by atoms with Crippen LogP contribution in [0, 0.1) is 0 Å². The summed E-state index contributed by atoms with van der Waals surface area (Å²) in [7, 11) is 0. The summed E-state index contributed by atoms with van der Waals surface area (Å²) in [6.07, 6.45) is 2.12. The van der Waals surface area contributed by atoms with Gasteiger partial charge < -0.3 is 10.3 Å². The molecular weight excluding hydrogens is 298 g/mol. The standard InChI is InChI=1S/C20H23N3O/c1-3-9-17(15-10-5-4-6-11-15)21-14(2)19-22-18-13-8-7-12-16(18)20(24)23-19/h4-8,10-14,17,21H,3,9H2,1-2H3,(H,22,23,24). The number of aromatic amines is 1. The minimum absolute atomic E-state index is 0.0425. The zero-order chi connectivity index (χ0) is 16.9. The lowest BCUT2D eigenvalue weighted by molar-refractivity contribution is 0.428. The van der Waals surface area contributed by atoms with Crippen LogP contribution in [-0.2, 0) is 0 Å². The molecule has 124 valence electrons. The van der Waals surface area contributed by atoms with Crippen molar-refractivity contribution in [2.45, 2.75) is 38.8 Å². The van der Waals surface area contributed by atoms with Crippen molar-refractivity contribution in [1.82, 2.24) is 15.3 Å². The molecule has 0 spiro atoms. The van der Waals surface area contributed by atoms with Crippen molar-refractivity contribution in [2.75, 3.05) is 0 Å². The average Bonchev–Trinajstić information content (AvgIpc) is 2.62. The van der Waals surface area contributed by atoms with Gasteiger partial charge in [-0.2, -0.15) is 0 Å². The molecule has 2 unspecified atom stereocenters. The summed E-state index contributed by atoms with van der Waals surface area (Å²) in [5.74, 6) is 0.677. The Morgan fingerprint density at radius 3 is 2.54 bits per heavy atom. The fraction of sp³-hybridized carbons (Fsp3) is 0.300. The minimum Gasteiger partial charge on any atom is -0.309 e. The van der Waals surface area contributed by atoms with Crippen LogP contribution in [0.2, 0.25) is 0 Å². The molecule has 0 bridgehead atoms. The topological polar surface area (TPSA) is 57.8 Å². The molecule has 2 atom stereocenters. The van der Waals surface area contributed by atoms with Crippen LogP contribution in [0.25, 0.3) is 10.9 Å². The van der Waals surface area contributed by atoms with Crippen LogP contribution in [0.15, 0.2) is 59.4 Å². The number of hydrogen-bond acceptors (Lipinski definition) is 3. The van der Waals surface area contributed by atoms with Crippen LogP contribution in [0.3, 0.4) is 0 Å². The van der Waals surface area contributed by atoms with Gasteiger partial charge in [-0.3, -0.25) is 4.79 Å². The summed E-state index contributed by atoms with van der Waals surface area (Å²) in [6, 6.07) is 18.0. The average molecular weight is 321 g/mol. The maximum Gasteiger partial charge on any atom is 0.258 e. The molecule has 0 saturated carbocycles. The van der Waals surface area contributed by atoms with Gasteiger partial charge in [-0.1, -0.05) is 55.8 Å². The molecule has 0 radical (unpaired) electrons. The molecule has 0 fully saturated rings. The predicted octanol–water partition coefficient (Wildman–Crippen LogP) is 4.12. The first-order valence-corrected chi connectivity index (χ1v) is 8.49. The SMILES string of the molecule is CCCC(NC(C)c1nc2ccccc2c(=O)[nH]1)c1ccccc1. The number of H-pyrrole nitrogens is 1. The maximum atomic E-state index is 12.3. The third-order valence-corrected chi connectivity index (χ3v) is 4.27. The Hall–Kier alpha value is -2.46. The number of nitrogens with zero attached hydrogens (tertiary/aromatic N) is 1. The van der Waals surface area contributed by atoms with Gasteiger partial charge in [-0.05, 0) is 31.0 Å². The summed E-state index contributed by atoms with van der Waals surface area (Å²) >= 11 is 0. The second kappa shape index (κ2) is 7.41. The first-order chi connectivity index (χ1) is 11.7. The van der Waals surface area contributed by atoms with Crippen molar-refractivity contribution in [3.8, 4) is 0 Å². The van der Waals surface area contributed by atoms with Crippen LogP contribution >= 0.6 is 0 Å². The normalized spacial score (nSPS) is 13.8. The zero-order valence-electron chi connectivity index (χ0n) is 14.1. The lowest BCUT2D eigenvalue weighted by Gasteiger charge is -2.23. The summed E-state index contributed by atoms with van der Waals surface area (Å²) in [4.78, 5) is 19.8. The Labute approximate surface area is 142 Å². The molecule has 0 aliphatic heterocycles. The van der Waals surface area contributed by atoms with E-state index in [2.05, 4.69) is 46.5 Å². The van der Waals surface area contributed by atoms with Gasteiger partial charge in [-0.25, -0.2) is 4.98 Å². The zero-order valence-corrected chi connectivity index (χ0v) is 14.1. The van der Waals surface area contributed by atoms with E-state index in [1.807, 2.05) is 31.2 Å². The lowest BCUT2D eigenvalue weighted by Crippen LogP contribution is -2.27. The third kappa shape index (κ3) is 3.54. The van der Waals surface area contributed by atoms with Gasteiger partial charge in [0.25, 0.3) is 5.56 Å². The van der Waals surface area contributed by atoms with E-state index in [-0.39, 0.29) is 17.6 Å². The largest absolute Gasteiger partial charge is 0.309 e. The minimum atomic E-state index is -0.0870. The van der Waals surface area contributed by atoms with Crippen LogP contribution in [0.1, 0.15) is 50.2 Å². The molecule has 2 aromatic carbocycles. The maximum absolute atomic E-state index is 12.3. The molecule has 1 heterocycles. The molecule has 4 nitrogen and oxygen atoms in total. The first kappa shape index (κ1) is 16.4. The third-order valence-electron chi connectivity index (χ3n) is 4.27. The quantitative estimate of drug-likeness (QED) is 0.718. The molecule has 0 saturated heterocycles. The van der Waals surface area contributed by atoms with E-state index in [4.69, 9.17) is 0 Å². The lowest BCUT2D eigenvalue weighted by atomic mass is 10.0. The van der Waals surface area contributed by atoms with Gasteiger partial charge in [0.05, 0.1) is 16.9 Å². The second-order valence-corrected chi connectivity index (χ2v) is 6.11. The molecule has 1 aromatic heterocycles. The van der Waals surface area contributed by atoms with E-state index in [0.29, 0.717) is 11.2 Å². The molecule has 3 aromatic rings. The second-order valence-electron chi connectivity index (χ2n) is 6.11. The Morgan fingerprint density at radius 1 is 1.08 bits per heavy atom. The Morgan fingerprint density at radius 2 is 1.79 bits per heavy atom. The molecule has 0 aliphatic carbocycles. The van der Waals surface area contributed by atoms with Crippen molar-refractivity contribution >= 4 is 10.9 Å². The first-order valence-electron chi connectivity index (χ1n) is 8.49. The highest BCUT2D eigenvalue weighted by molar-refractivity contribution is 5.77. The highest BCUT2D eigenvalue weighted by Crippen LogP contribution is 2.22. The fourth-order valence-corrected chi connectivity index (χ4v) is 3.01. The van der Waals surface area contributed by atoms with Gasteiger partial charge in [0, 0.05) is 6.04 Å². The van der Waals surface area contributed by atoms with Crippen molar-refractivity contribution in [1.29, 1.82) is 0 Å². The van der Waals surface area contributed by atoms with E-state index in [1.165, 1.54) is 5.56 Å². The van der Waals surface area contributed by atoms with Crippen LogP contribution < -0.4 is 10.9 Å². The molecule has 24 heavy (non-hydrogen) atoms. The molecule has 0 aliphatic rings. The smallest absolute Gasteiger partial charge is 0.258 e. The molecule has 2 N–H and O–H groups in total. The van der Waals surface area contributed by atoms with Crippen molar-refractivity contribution in [3.05, 3.63) is 76.3 Å². The fourth-order valence-electron chi connectivity index (χ4n) is 3.01. The number of para-hydroxylation sites is 1. The van der Waals surface area contributed by atoms with Gasteiger partial charge in [0.1, 0.15) is 5.82 Å². The number of benzene rings is 2. The van der Waals surface area contributed by atoms with E-state index < -0.39 is 0 Å². The Bertz CT molecular complexity index is 857. The molecular formula is C20H23N3O. The summed E-state index contributed by atoms with van der Waals surface area (Å²) in [5.41, 5.74) is 1.90. The highest BCUT2D eigenvalue weighted by Gasteiger charge is 2.17. The van der Waals surface area contributed by atoms with Crippen LogP contribution in [-0.4, -0.2) is 9.97 Å². The highest BCUT2D eigenvalue weighted by atomic mass is 16.1. The van der Waals surface area contributed by atoms with Crippen molar-refractivity contribution in [3.63, 3.8) is 0 Å². The van der Waals surface area contributed by atoms with Gasteiger partial charge in [0.15, 0.2) is 0 Å². The van der Waals surface area contributed by atoms with Gasteiger partial charge >= 0.3 is 0 Å². The number of rotatable bonds is 6. The summed E-state index contributed by atoms with van der Waals surface area (Å²) in [6.45, 7) is 4.22. The monoisotopic (exact) mass is 321 g/mol. The number of aromatic nitrogens is 2. The van der Waals surface area contributed by atoms with Gasteiger partial charge in [-0.15, -0.1) is 0 Å². The van der Waals surface area contributed by atoms with Crippen molar-refractivity contribution < 1.29 is 0 Å². The Balaban J connectivity index is 1.88. The van der Waals surface area contributed by atoms with Crippen molar-refractivity contribution in [2.24, 2.45) is 0 Å². The van der Waals surface area contributed by atoms with Crippen LogP contribution in [0.5, 0.6) is 0 Å². The Kier molecular flexibility index (Phi) is 5.06. The van der Waals surface area contributed by atoms with Gasteiger partial charge in [0.2, 0.25) is 0 Å².